The molecule has 1 amide bonds. The number of carbonyl (C=O) groups is 1. The maximum Gasteiger partial charge on any atom is 0.257 e. The van der Waals surface area contributed by atoms with Crippen LogP contribution in [0.5, 0.6) is 0 Å². The van der Waals surface area contributed by atoms with Gasteiger partial charge in [-0.25, -0.2) is 4.98 Å². The number of fused-ring (bicyclic) bond motifs is 1. The fourth-order valence-corrected chi connectivity index (χ4v) is 4.10. The Hall–Kier alpha value is -1.30. The first kappa shape index (κ1) is 18.0. The zero-order valence-corrected chi connectivity index (χ0v) is 15.4. The quantitative estimate of drug-likeness (QED) is 0.748. The molecule has 1 aliphatic rings. The Morgan fingerprint density at radius 2 is 2.13 bits per heavy atom. The molecule has 1 aliphatic heterocycles. The van der Waals surface area contributed by atoms with E-state index >= 15 is 0 Å². The summed E-state index contributed by atoms with van der Waals surface area (Å²) >= 11 is 1.53. The fraction of sp³-hybridized carbons (Fsp3) is 0.706. The normalized spacial score (nSPS) is 17.0. The van der Waals surface area contributed by atoms with Crippen molar-refractivity contribution in [2.24, 2.45) is 5.92 Å². The Bertz CT molecular complexity index is 627. The Kier molecular flexibility index (Phi) is 6.27. The van der Waals surface area contributed by atoms with Gasteiger partial charge in [-0.1, -0.05) is 32.0 Å². The standard InChI is InChI=1S/C17H27N3O2S/c1-5-8-9-19(7-3)15(21)13-10-20-16(22)14(6-2)12(4)18-17(20)23-11-13/h13H,5-11H2,1-4H3. The van der Waals surface area contributed by atoms with Crippen molar-refractivity contribution in [2.45, 2.75) is 58.7 Å². The fourth-order valence-electron chi connectivity index (χ4n) is 2.98. The molecule has 0 saturated heterocycles. The summed E-state index contributed by atoms with van der Waals surface area (Å²) in [6.07, 6.45) is 2.78. The smallest absolute Gasteiger partial charge is 0.257 e. The number of aromatic nitrogens is 2. The van der Waals surface area contributed by atoms with Crippen molar-refractivity contribution in [1.82, 2.24) is 14.5 Å². The number of amides is 1. The Morgan fingerprint density at radius 1 is 1.39 bits per heavy atom. The molecule has 1 aromatic heterocycles. The lowest BCUT2D eigenvalue weighted by atomic mass is 10.1. The third-order valence-electron chi connectivity index (χ3n) is 4.43. The van der Waals surface area contributed by atoms with E-state index in [0.29, 0.717) is 18.7 Å². The predicted molar refractivity (Wildman–Crippen MR) is 94.0 cm³/mol. The molecule has 0 saturated carbocycles. The molecule has 6 heteroatoms. The second-order valence-electron chi connectivity index (χ2n) is 6.01. The summed E-state index contributed by atoms with van der Waals surface area (Å²) in [7, 11) is 0. The third kappa shape index (κ3) is 3.79. The maximum atomic E-state index is 12.8. The molecule has 2 heterocycles. The first-order valence-corrected chi connectivity index (χ1v) is 9.53. The molecule has 0 radical (unpaired) electrons. The van der Waals surface area contributed by atoms with Crippen molar-refractivity contribution in [3.05, 3.63) is 21.6 Å². The largest absolute Gasteiger partial charge is 0.343 e. The highest BCUT2D eigenvalue weighted by molar-refractivity contribution is 7.99. The van der Waals surface area contributed by atoms with E-state index in [0.717, 1.165) is 42.3 Å². The van der Waals surface area contributed by atoms with Gasteiger partial charge in [0.15, 0.2) is 5.16 Å². The molecule has 1 unspecified atom stereocenters. The molecule has 5 nitrogen and oxygen atoms in total. The van der Waals surface area contributed by atoms with Crippen LogP contribution in [0.2, 0.25) is 0 Å². The highest BCUT2D eigenvalue weighted by atomic mass is 32.2. The van der Waals surface area contributed by atoms with Crippen LogP contribution in [0, 0.1) is 12.8 Å². The molecule has 1 aromatic rings. The van der Waals surface area contributed by atoms with Gasteiger partial charge in [-0.15, -0.1) is 0 Å². The van der Waals surface area contributed by atoms with Gasteiger partial charge >= 0.3 is 0 Å². The van der Waals surface area contributed by atoms with Gasteiger partial charge in [-0.3, -0.25) is 14.2 Å². The topological polar surface area (TPSA) is 55.2 Å². The van der Waals surface area contributed by atoms with E-state index in [4.69, 9.17) is 0 Å². The summed E-state index contributed by atoms with van der Waals surface area (Å²) in [5, 5.41) is 0.755. The molecule has 0 N–H and O–H groups in total. The lowest BCUT2D eigenvalue weighted by molar-refractivity contribution is -0.135. The van der Waals surface area contributed by atoms with Crippen LogP contribution in [0.3, 0.4) is 0 Å². The van der Waals surface area contributed by atoms with Crippen LogP contribution in [0.15, 0.2) is 9.95 Å². The van der Waals surface area contributed by atoms with Crippen LogP contribution in [-0.4, -0.2) is 39.2 Å². The summed E-state index contributed by atoms with van der Waals surface area (Å²) in [5.41, 5.74) is 1.61. The van der Waals surface area contributed by atoms with E-state index in [9.17, 15) is 9.59 Å². The average Bonchev–Trinajstić information content (AvgIpc) is 2.55. The van der Waals surface area contributed by atoms with E-state index in [-0.39, 0.29) is 17.4 Å². The van der Waals surface area contributed by atoms with Crippen LogP contribution in [-0.2, 0) is 17.8 Å². The summed E-state index contributed by atoms with van der Waals surface area (Å²) in [5.74, 6) is 0.750. The molecule has 2 rings (SSSR count). The summed E-state index contributed by atoms with van der Waals surface area (Å²) in [6.45, 7) is 10.0. The number of unbranched alkanes of at least 4 members (excludes halogenated alkanes) is 1. The zero-order chi connectivity index (χ0) is 17.0. The molecule has 0 aliphatic carbocycles. The lowest BCUT2D eigenvalue weighted by Gasteiger charge is -2.30. The minimum absolute atomic E-state index is 0.0246. The van der Waals surface area contributed by atoms with E-state index in [1.54, 1.807) is 4.57 Å². The zero-order valence-electron chi connectivity index (χ0n) is 14.6. The van der Waals surface area contributed by atoms with Crippen LogP contribution in [0.4, 0.5) is 0 Å². The second kappa shape index (κ2) is 7.99. The monoisotopic (exact) mass is 337 g/mol. The van der Waals surface area contributed by atoms with Crippen LogP contribution < -0.4 is 5.56 Å². The highest BCUT2D eigenvalue weighted by Gasteiger charge is 2.30. The summed E-state index contributed by atoms with van der Waals surface area (Å²) in [6, 6.07) is 0. The molecule has 0 bridgehead atoms. The molecule has 0 aromatic carbocycles. The van der Waals surface area contributed by atoms with E-state index in [1.165, 1.54) is 11.8 Å². The minimum atomic E-state index is -0.129. The number of hydrogen-bond donors (Lipinski definition) is 0. The molecule has 128 valence electrons. The van der Waals surface area contributed by atoms with Gasteiger partial charge in [0.25, 0.3) is 5.56 Å². The molecule has 0 fully saturated rings. The van der Waals surface area contributed by atoms with Crippen molar-refractivity contribution in [3.8, 4) is 0 Å². The molecule has 23 heavy (non-hydrogen) atoms. The number of rotatable bonds is 6. The second-order valence-corrected chi connectivity index (χ2v) is 6.99. The van der Waals surface area contributed by atoms with Crippen LogP contribution in [0.1, 0.15) is 44.9 Å². The SMILES string of the molecule is CCCCN(CC)C(=O)C1CSc2nc(C)c(CC)c(=O)n2C1. The first-order chi connectivity index (χ1) is 11.0. The summed E-state index contributed by atoms with van der Waals surface area (Å²) < 4.78 is 1.70. The predicted octanol–water partition coefficient (Wildman–Crippen LogP) is 2.48. The molecular weight excluding hydrogens is 310 g/mol. The van der Waals surface area contributed by atoms with E-state index in [2.05, 4.69) is 11.9 Å². The molecule has 0 spiro atoms. The number of nitrogens with zero attached hydrogens (tertiary/aromatic N) is 3. The Labute approximate surface area is 142 Å². The highest BCUT2D eigenvalue weighted by Crippen LogP contribution is 2.27. The van der Waals surface area contributed by atoms with Crippen molar-refractivity contribution in [2.75, 3.05) is 18.8 Å². The van der Waals surface area contributed by atoms with Gasteiger partial charge in [0.2, 0.25) is 5.91 Å². The van der Waals surface area contributed by atoms with Crippen LogP contribution >= 0.6 is 11.8 Å². The Balaban J connectivity index is 2.22. The molecular formula is C17H27N3O2S. The van der Waals surface area contributed by atoms with Gasteiger partial charge in [-0.2, -0.15) is 0 Å². The maximum absolute atomic E-state index is 12.8. The van der Waals surface area contributed by atoms with E-state index < -0.39 is 0 Å². The lowest BCUT2D eigenvalue weighted by Crippen LogP contribution is -2.43. The van der Waals surface area contributed by atoms with Crippen LogP contribution in [0.25, 0.3) is 0 Å². The number of hydrogen-bond acceptors (Lipinski definition) is 4. The van der Waals surface area contributed by atoms with Gasteiger partial charge in [0, 0.05) is 36.6 Å². The number of carbonyl (C=O) groups excluding carboxylic acids is 1. The third-order valence-corrected chi connectivity index (χ3v) is 5.57. The van der Waals surface area contributed by atoms with Crippen molar-refractivity contribution in [1.29, 1.82) is 0 Å². The molecule has 1 atom stereocenters. The van der Waals surface area contributed by atoms with Crippen molar-refractivity contribution in [3.63, 3.8) is 0 Å². The number of thioether (sulfide) groups is 1. The van der Waals surface area contributed by atoms with Gasteiger partial charge < -0.3 is 4.90 Å². The van der Waals surface area contributed by atoms with Gasteiger partial charge in [0.05, 0.1) is 5.92 Å². The summed E-state index contributed by atoms with van der Waals surface area (Å²) in [4.78, 5) is 31.9. The number of aryl methyl sites for hydroxylation is 1. The average molecular weight is 337 g/mol. The van der Waals surface area contributed by atoms with Crippen molar-refractivity contribution < 1.29 is 4.79 Å². The minimum Gasteiger partial charge on any atom is -0.343 e. The van der Waals surface area contributed by atoms with Gasteiger partial charge in [0.1, 0.15) is 0 Å². The van der Waals surface area contributed by atoms with Gasteiger partial charge in [-0.05, 0) is 26.7 Å². The first-order valence-electron chi connectivity index (χ1n) is 8.55. The van der Waals surface area contributed by atoms with Crippen molar-refractivity contribution >= 4 is 17.7 Å². The van der Waals surface area contributed by atoms with E-state index in [1.807, 2.05) is 25.7 Å². The Morgan fingerprint density at radius 3 is 2.74 bits per heavy atom.